The number of aromatic nitrogens is 3. The Labute approximate surface area is 149 Å². The molecule has 128 valence electrons. The smallest absolute Gasteiger partial charge is 0.218 e. The lowest BCUT2D eigenvalue weighted by Crippen LogP contribution is -2.11. The van der Waals surface area contributed by atoms with E-state index in [4.69, 9.17) is 5.73 Å². The first-order valence-corrected chi connectivity index (χ1v) is 8.76. The number of nitrogens with two attached hydrogens (primary N) is 1. The van der Waals surface area contributed by atoms with Gasteiger partial charge in [-0.2, -0.15) is 0 Å². The quantitative estimate of drug-likeness (QED) is 0.660. The number of rotatable bonds is 7. The molecule has 0 aliphatic heterocycles. The van der Waals surface area contributed by atoms with Crippen LogP contribution in [0.5, 0.6) is 0 Å². The lowest BCUT2D eigenvalue weighted by Gasteiger charge is -2.10. The van der Waals surface area contributed by atoms with Gasteiger partial charge in [0.2, 0.25) is 5.91 Å². The molecule has 2 aromatic carbocycles. The van der Waals surface area contributed by atoms with Crippen molar-refractivity contribution in [1.82, 2.24) is 14.8 Å². The third-order valence-corrected chi connectivity index (χ3v) is 4.55. The van der Waals surface area contributed by atoms with Crippen LogP contribution in [0.25, 0.3) is 11.4 Å². The van der Waals surface area contributed by atoms with Gasteiger partial charge in [-0.3, -0.25) is 9.36 Å². The summed E-state index contributed by atoms with van der Waals surface area (Å²) in [5.41, 5.74) is 7.08. The molecular weight excluding hydrogens is 339 g/mol. The van der Waals surface area contributed by atoms with Gasteiger partial charge in [0, 0.05) is 17.7 Å². The molecule has 7 heteroatoms. The molecule has 0 aliphatic carbocycles. The van der Waals surface area contributed by atoms with E-state index in [2.05, 4.69) is 10.2 Å². The van der Waals surface area contributed by atoms with Crippen molar-refractivity contribution in [1.29, 1.82) is 0 Å². The first-order chi connectivity index (χ1) is 12.1. The van der Waals surface area contributed by atoms with Crippen molar-refractivity contribution in [2.24, 2.45) is 5.73 Å². The van der Waals surface area contributed by atoms with Crippen LogP contribution in [0.2, 0.25) is 0 Å². The number of halogens is 1. The van der Waals surface area contributed by atoms with Crippen LogP contribution in [0.3, 0.4) is 0 Å². The number of thioether (sulfide) groups is 1. The van der Waals surface area contributed by atoms with E-state index in [1.165, 1.54) is 23.9 Å². The van der Waals surface area contributed by atoms with Gasteiger partial charge in [-0.15, -0.1) is 10.2 Å². The molecule has 0 atom stereocenters. The summed E-state index contributed by atoms with van der Waals surface area (Å²) in [6.45, 7) is 0.583. The van der Waals surface area contributed by atoms with Crippen LogP contribution >= 0.6 is 11.8 Å². The zero-order valence-electron chi connectivity index (χ0n) is 13.4. The Morgan fingerprint density at radius 3 is 2.48 bits per heavy atom. The Morgan fingerprint density at radius 2 is 1.80 bits per heavy atom. The zero-order valence-corrected chi connectivity index (χ0v) is 14.2. The van der Waals surface area contributed by atoms with Crippen molar-refractivity contribution in [3.05, 3.63) is 66.0 Å². The summed E-state index contributed by atoms with van der Waals surface area (Å²) in [4.78, 5) is 11.0. The van der Waals surface area contributed by atoms with Crippen molar-refractivity contribution < 1.29 is 9.18 Å². The summed E-state index contributed by atoms with van der Waals surface area (Å²) in [5.74, 6) is 0.547. The zero-order chi connectivity index (χ0) is 17.6. The minimum atomic E-state index is -0.347. The van der Waals surface area contributed by atoms with Crippen molar-refractivity contribution in [2.75, 3.05) is 5.75 Å². The van der Waals surface area contributed by atoms with E-state index in [-0.39, 0.29) is 18.1 Å². The van der Waals surface area contributed by atoms with E-state index >= 15 is 0 Å². The van der Waals surface area contributed by atoms with Gasteiger partial charge in [-0.05, 0) is 29.8 Å². The Morgan fingerprint density at radius 1 is 1.08 bits per heavy atom. The average Bonchev–Trinajstić information content (AvgIpc) is 2.99. The first-order valence-electron chi connectivity index (χ1n) is 7.77. The van der Waals surface area contributed by atoms with Gasteiger partial charge in [0.25, 0.3) is 0 Å². The monoisotopic (exact) mass is 356 g/mol. The molecule has 0 unspecified atom stereocenters. The van der Waals surface area contributed by atoms with Crippen molar-refractivity contribution in [2.45, 2.75) is 18.1 Å². The molecule has 5 nitrogen and oxygen atoms in total. The van der Waals surface area contributed by atoms with Gasteiger partial charge < -0.3 is 5.73 Å². The first kappa shape index (κ1) is 17.2. The van der Waals surface area contributed by atoms with Crippen molar-refractivity contribution in [3.8, 4) is 11.4 Å². The minimum absolute atomic E-state index is 0.273. The number of carbonyl (C=O) groups excluding carboxylic acids is 1. The number of primary amides is 1. The van der Waals surface area contributed by atoms with E-state index in [0.717, 1.165) is 11.1 Å². The Kier molecular flexibility index (Phi) is 5.45. The van der Waals surface area contributed by atoms with Crippen LogP contribution in [-0.4, -0.2) is 26.4 Å². The van der Waals surface area contributed by atoms with Crippen molar-refractivity contribution >= 4 is 17.7 Å². The lowest BCUT2D eigenvalue weighted by molar-refractivity contribution is -0.117. The normalized spacial score (nSPS) is 10.8. The number of benzene rings is 2. The van der Waals surface area contributed by atoms with Crippen molar-refractivity contribution in [3.63, 3.8) is 0 Å². The summed E-state index contributed by atoms with van der Waals surface area (Å²) >= 11 is 1.43. The van der Waals surface area contributed by atoms with E-state index < -0.39 is 0 Å². The number of hydrogen-bond acceptors (Lipinski definition) is 4. The number of hydrogen-bond donors (Lipinski definition) is 1. The van der Waals surface area contributed by atoms with Gasteiger partial charge >= 0.3 is 0 Å². The second kappa shape index (κ2) is 7.94. The van der Waals surface area contributed by atoms with Crippen LogP contribution in [0.1, 0.15) is 12.0 Å². The summed E-state index contributed by atoms with van der Waals surface area (Å²) in [7, 11) is 0. The highest BCUT2D eigenvalue weighted by Crippen LogP contribution is 2.25. The maximum Gasteiger partial charge on any atom is 0.218 e. The second-order valence-corrected chi connectivity index (χ2v) is 6.51. The third kappa shape index (κ3) is 4.45. The fraction of sp³-hybridized carbons (Fsp3) is 0.167. The van der Waals surface area contributed by atoms with Gasteiger partial charge in [0.1, 0.15) is 5.82 Å². The highest BCUT2D eigenvalue weighted by atomic mass is 32.2. The Balaban J connectivity index is 1.92. The molecule has 3 rings (SSSR count). The van der Waals surface area contributed by atoms with Crippen LogP contribution in [0, 0.1) is 5.82 Å². The maximum absolute atomic E-state index is 13.2. The van der Waals surface area contributed by atoms with E-state index in [9.17, 15) is 9.18 Å². The molecule has 1 aromatic heterocycles. The summed E-state index contributed by atoms with van der Waals surface area (Å²) < 4.78 is 15.2. The van der Waals surface area contributed by atoms with Gasteiger partial charge in [-0.1, -0.05) is 42.1 Å². The second-order valence-electron chi connectivity index (χ2n) is 5.45. The molecule has 0 saturated carbocycles. The summed E-state index contributed by atoms with van der Waals surface area (Å²) in [6.07, 6.45) is 0.273. The molecule has 0 aliphatic rings. The molecule has 0 spiro atoms. The molecule has 0 radical (unpaired) electrons. The number of nitrogens with zero attached hydrogens (tertiary/aromatic N) is 3. The third-order valence-electron chi connectivity index (χ3n) is 3.58. The minimum Gasteiger partial charge on any atom is -0.370 e. The molecule has 0 bridgehead atoms. The van der Waals surface area contributed by atoms with Gasteiger partial charge in [0.15, 0.2) is 11.0 Å². The summed E-state index contributed by atoms with van der Waals surface area (Å²) in [5, 5.41) is 9.20. The fourth-order valence-corrected chi connectivity index (χ4v) is 3.25. The molecule has 1 amide bonds. The van der Waals surface area contributed by atoms with Crippen LogP contribution in [-0.2, 0) is 11.3 Å². The Hall–Kier alpha value is -2.67. The van der Waals surface area contributed by atoms with Gasteiger partial charge in [-0.25, -0.2) is 4.39 Å². The lowest BCUT2D eigenvalue weighted by atomic mass is 10.2. The topological polar surface area (TPSA) is 73.8 Å². The van der Waals surface area contributed by atoms with Crippen LogP contribution in [0.15, 0.2) is 59.8 Å². The number of amides is 1. The van der Waals surface area contributed by atoms with Crippen LogP contribution < -0.4 is 5.73 Å². The SMILES string of the molecule is NC(=O)CCSc1nnc(-c2ccc(F)cc2)n1Cc1ccccc1. The highest BCUT2D eigenvalue weighted by molar-refractivity contribution is 7.99. The van der Waals surface area contributed by atoms with E-state index in [1.807, 2.05) is 34.9 Å². The molecule has 0 fully saturated rings. The van der Waals surface area contributed by atoms with Gasteiger partial charge in [0.05, 0.1) is 6.54 Å². The molecule has 2 N–H and O–H groups in total. The average molecular weight is 356 g/mol. The largest absolute Gasteiger partial charge is 0.370 e. The summed E-state index contributed by atoms with van der Waals surface area (Å²) in [6, 6.07) is 16.1. The molecule has 0 saturated heterocycles. The maximum atomic E-state index is 13.2. The Bertz CT molecular complexity index is 849. The highest BCUT2D eigenvalue weighted by Gasteiger charge is 2.15. The van der Waals surface area contributed by atoms with E-state index in [0.29, 0.717) is 23.3 Å². The molecule has 1 heterocycles. The number of carbonyl (C=O) groups is 1. The molecule has 25 heavy (non-hydrogen) atoms. The molecule has 3 aromatic rings. The standard InChI is InChI=1S/C18H17FN4OS/c19-15-8-6-14(7-9-15)17-21-22-18(25-11-10-16(20)24)23(17)12-13-4-2-1-3-5-13/h1-9H,10-12H2,(H2,20,24). The predicted molar refractivity (Wildman–Crippen MR) is 95.5 cm³/mol. The molecular formula is C18H17FN4OS. The fourth-order valence-electron chi connectivity index (χ4n) is 2.36. The predicted octanol–water partition coefficient (Wildman–Crippen LogP) is 3.10. The van der Waals surface area contributed by atoms with Crippen LogP contribution in [0.4, 0.5) is 4.39 Å². The van der Waals surface area contributed by atoms with E-state index in [1.54, 1.807) is 12.1 Å².